The Morgan fingerprint density at radius 1 is 1.10 bits per heavy atom. The number of sulfonamides is 1. The van der Waals surface area contributed by atoms with Crippen molar-refractivity contribution in [1.29, 1.82) is 0 Å². The fourth-order valence-corrected chi connectivity index (χ4v) is 6.47. The van der Waals surface area contributed by atoms with Crippen molar-refractivity contribution in [2.24, 2.45) is 5.92 Å². The van der Waals surface area contributed by atoms with E-state index in [9.17, 15) is 8.42 Å². The standard InChI is InChI=1S/C21H31N5O3S/c1-14-21(15(2)29-25-14)30(27,28)26-10-8-17(9-11-26)12-19-13-20(23-16(3)22-19)24-18-6-4-5-7-18/h13,17-18H,4-12H2,1-3H3,(H,22,23,24). The van der Waals surface area contributed by atoms with Crippen molar-refractivity contribution < 1.29 is 12.9 Å². The molecule has 1 N–H and O–H groups in total. The molecule has 3 heterocycles. The lowest BCUT2D eigenvalue weighted by atomic mass is 9.93. The van der Waals surface area contributed by atoms with Crippen LogP contribution in [-0.4, -0.2) is 47.0 Å². The molecule has 0 atom stereocenters. The number of anilines is 1. The molecule has 164 valence electrons. The van der Waals surface area contributed by atoms with E-state index < -0.39 is 10.0 Å². The summed E-state index contributed by atoms with van der Waals surface area (Å²) in [6.45, 7) is 6.27. The highest BCUT2D eigenvalue weighted by atomic mass is 32.2. The van der Waals surface area contributed by atoms with Gasteiger partial charge in [0.05, 0.1) is 0 Å². The van der Waals surface area contributed by atoms with Crippen molar-refractivity contribution in [3.63, 3.8) is 0 Å². The van der Waals surface area contributed by atoms with Gasteiger partial charge in [-0.2, -0.15) is 4.31 Å². The van der Waals surface area contributed by atoms with Crippen LogP contribution in [0, 0.1) is 26.7 Å². The minimum atomic E-state index is -3.56. The molecule has 0 radical (unpaired) electrons. The first-order valence-electron chi connectivity index (χ1n) is 10.9. The Morgan fingerprint density at radius 3 is 2.43 bits per heavy atom. The molecule has 30 heavy (non-hydrogen) atoms. The number of aryl methyl sites for hydroxylation is 3. The van der Waals surface area contributed by atoms with Gasteiger partial charge in [-0.15, -0.1) is 0 Å². The number of aromatic nitrogens is 3. The van der Waals surface area contributed by atoms with Gasteiger partial charge in [-0.05, 0) is 58.8 Å². The van der Waals surface area contributed by atoms with Crippen molar-refractivity contribution in [2.75, 3.05) is 18.4 Å². The van der Waals surface area contributed by atoms with Crippen LogP contribution >= 0.6 is 0 Å². The Bertz CT molecular complexity index is 971. The van der Waals surface area contributed by atoms with Crippen molar-refractivity contribution in [3.8, 4) is 0 Å². The average molecular weight is 434 g/mol. The van der Waals surface area contributed by atoms with Crippen LogP contribution in [0.15, 0.2) is 15.5 Å². The molecule has 0 aromatic carbocycles. The highest BCUT2D eigenvalue weighted by Gasteiger charge is 2.34. The highest BCUT2D eigenvalue weighted by Crippen LogP contribution is 2.29. The summed E-state index contributed by atoms with van der Waals surface area (Å²) in [5.41, 5.74) is 1.46. The van der Waals surface area contributed by atoms with E-state index in [0.29, 0.717) is 36.5 Å². The number of hydrogen-bond acceptors (Lipinski definition) is 7. The van der Waals surface area contributed by atoms with Crippen LogP contribution in [0.1, 0.15) is 61.5 Å². The first kappa shape index (κ1) is 21.2. The van der Waals surface area contributed by atoms with Gasteiger partial charge in [0.2, 0.25) is 10.0 Å². The summed E-state index contributed by atoms with van der Waals surface area (Å²) >= 11 is 0. The highest BCUT2D eigenvalue weighted by molar-refractivity contribution is 7.89. The topological polar surface area (TPSA) is 101 Å². The van der Waals surface area contributed by atoms with Gasteiger partial charge in [0, 0.05) is 30.9 Å². The van der Waals surface area contributed by atoms with E-state index in [4.69, 9.17) is 4.52 Å². The van der Waals surface area contributed by atoms with Crippen molar-refractivity contribution >= 4 is 15.8 Å². The van der Waals surface area contributed by atoms with Crippen molar-refractivity contribution in [3.05, 3.63) is 29.0 Å². The normalized spacial score (nSPS) is 19.4. The van der Waals surface area contributed by atoms with Gasteiger partial charge in [-0.3, -0.25) is 0 Å². The molecule has 2 aliphatic rings. The lowest BCUT2D eigenvalue weighted by Gasteiger charge is -2.31. The maximum atomic E-state index is 13.0. The summed E-state index contributed by atoms with van der Waals surface area (Å²) in [7, 11) is -3.56. The fourth-order valence-electron chi connectivity index (χ4n) is 4.71. The van der Waals surface area contributed by atoms with Crippen molar-refractivity contribution in [1.82, 2.24) is 19.4 Å². The van der Waals surface area contributed by atoms with Gasteiger partial charge in [-0.1, -0.05) is 18.0 Å². The van der Waals surface area contributed by atoms with Crippen LogP contribution in [0.3, 0.4) is 0 Å². The van der Waals surface area contributed by atoms with E-state index in [1.54, 1.807) is 18.2 Å². The van der Waals surface area contributed by atoms with E-state index >= 15 is 0 Å². The molecule has 0 bridgehead atoms. The fraction of sp³-hybridized carbons (Fsp3) is 0.667. The zero-order valence-electron chi connectivity index (χ0n) is 18.0. The minimum Gasteiger partial charge on any atom is -0.367 e. The second-order valence-electron chi connectivity index (χ2n) is 8.62. The quantitative estimate of drug-likeness (QED) is 0.745. The molecule has 2 aromatic rings. The molecule has 4 rings (SSSR count). The largest absolute Gasteiger partial charge is 0.367 e. The molecule has 1 aliphatic carbocycles. The van der Waals surface area contributed by atoms with Gasteiger partial charge < -0.3 is 9.84 Å². The number of hydrogen-bond donors (Lipinski definition) is 1. The molecule has 0 amide bonds. The lowest BCUT2D eigenvalue weighted by molar-refractivity contribution is 0.271. The Morgan fingerprint density at radius 2 is 1.80 bits per heavy atom. The predicted octanol–water partition coefficient (Wildman–Crippen LogP) is 3.39. The number of nitrogens with zero attached hydrogens (tertiary/aromatic N) is 4. The molecule has 2 fully saturated rings. The van der Waals surface area contributed by atoms with E-state index in [1.807, 2.05) is 6.92 Å². The third-order valence-corrected chi connectivity index (χ3v) is 8.38. The van der Waals surface area contributed by atoms with Crippen LogP contribution in [-0.2, 0) is 16.4 Å². The Hall–Kier alpha value is -2.00. The molecule has 2 aromatic heterocycles. The van der Waals surface area contributed by atoms with E-state index in [2.05, 4.69) is 26.5 Å². The van der Waals surface area contributed by atoms with Gasteiger partial charge in [0.15, 0.2) is 5.76 Å². The molecule has 0 unspecified atom stereocenters. The monoisotopic (exact) mass is 433 g/mol. The molecule has 9 heteroatoms. The molecule has 8 nitrogen and oxygen atoms in total. The zero-order valence-corrected chi connectivity index (χ0v) is 18.8. The SMILES string of the molecule is Cc1nc(CC2CCN(S(=O)(=O)c3c(C)noc3C)CC2)cc(NC2CCCC2)n1. The maximum Gasteiger partial charge on any atom is 0.248 e. The Labute approximate surface area is 178 Å². The maximum absolute atomic E-state index is 13.0. The average Bonchev–Trinajstić information content (AvgIpc) is 3.31. The third kappa shape index (κ3) is 4.51. The first-order valence-corrected chi connectivity index (χ1v) is 12.3. The minimum absolute atomic E-state index is 0.218. The van der Waals surface area contributed by atoms with Crippen LogP contribution in [0.4, 0.5) is 5.82 Å². The first-order chi connectivity index (χ1) is 14.3. The van der Waals surface area contributed by atoms with Gasteiger partial charge in [0.1, 0.15) is 22.2 Å². The predicted molar refractivity (Wildman–Crippen MR) is 114 cm³/mol. The second kappa shape index (κ2) is 8.63. The Balaban J connectivity index is 1.38. The summed E-state index contributed by atoms with van der Waals surface area (Å²) in [6, 6.07) is 2.59. The third-order valence-electron chi connectivity index (χ3n) is 6.24. The van der Waals surface area contributed by atoms with Gasteiger partial charge >= 0.3 is 0 Å². The summed E-state index contributed by atoms with van der Waals surface area (Å²) in [5.74, 6) is 2.47. The summed E-state index contributed by atoms with van der Waals surface area (Å²) in [4.78, 5) is 9.40. The number of nitrogens with one attached hydrogen (secondary N) is 1. The Kier molecular flexibility index (Phi) is 6.11. The molecular weight excluding hydrogens is 402 g/mol. The smallest absolute Gasteiger partial charge is 0.248 e. The summed E-state index contributed by atoms with van der Waals surface area (Å²) < 4.78 is 32.6. The van der Waals surface area contributed by atoms with Gasteiger partial charge in [0.25, 0.3) is 0 Å². The van der Waals surface area contributed by atoms with Crippen molar-refractivity contribution in [2.45, 2.75) is 76.7 Å². The second-order valence-corrected chi connectivity index (χ2v) is 10.5. The zero-order chi connectivity index (χ0) is 21.3. The summed E-state index contributed by atoms with van der Waals surface area (Å²) in [6.07, 6.45) is 7.46. The van der Waals surface area contributed by atoms with E-state index in [1.165, 1.54) is 25.7 Å². The van der Waals surface area contributed by atoms with Gasteiger partial charge in [-0.25, -0.2) is 18.4 Å². The van der Waals surface area contributed by atoms with E-state index in [-0.39, 0.29) is 4.90 Å². The number of rotatable bonds is 6. The molecule has 0 spiro atoms. The van der Waals surface area contributed by atoms with Crippen LogP contribution in [0.2, 0.25) is 0 Å². The van der Waals surface area contributed by atoms with Crippen LogP contribution in [0.25, 0.3) is 0 Å². The summed E-state index contributed by atoms with van der Waals surface area (Å²) in [5, 5.41) is 7.36. The molecule has 1 aliphatic heterocycles. The van der Waals surface area contributed by atoms with Crippen LogP contribution < -0.4 is 5.32 Å². The molecule has 1 saturated carbocycles. The molecule has 1 saturated heterocycles. The lowest BCUT2D eigenvalue weighted by Crippen LogP contribution is -2.39. The van der Waals surface area contributed by atoms with Crippen LogP contribution in [0.5, 0.6) is 0 Å². The number of piperidine rings is 1. The molecular formula is C21H31N5O3S. The van der Waals surface area contributed by atoms with E-state index in [0.717, 1.165) is 36.6 Å².